The molecule has 0 saturated heterocycles. The number of hydrogen-bond donors (Lipinski definition) is 0. The predicted molar refractivity (Wildman–Crippen MR) is 203 cm³/mol. The molecule has 0 radical (unpaired) electrons. The Bertz CT molecular complexity index is 2820. The second-order valence-electron chi connectivity index (χ2n) is 11.9. The molecule has 4 heteroatoms. The van der Waals surface area contributed by atoms with Gasteiger partial charge in [0.15, 0.2) is 0 Å². The molecule has 0 N–H and O–H groups in total. The quantitative estimate of drug-likeness (QED) is 0.191. The van der Waals surface area contributed by atoms with E-state index in [0.29, 0.717) is 11.1 Å². The van der Waals surface area contributed by atoms with Gasteiger partial charge in [-0.05, 0) is 87.0 Å². The van der Waals surface area contributed by atoms with Gasteiger partial charge in [0, 0.05) is 40.3 Å². The van der Waals surface area contributed by atoms with E-state index in [4.69, 9.17) is 0 Å². The van der Waals surface area contributed by atoms with Crippen LogP contribution in [-0.4, -0.2) is 0 Å². The molecule has 0 saturated carbocycles. The maximum atomic E-state index is 10.4. The largest absolute Gasteiger partial charge is 0.192 e. The van der Waals surface area contributed by atoms with Crippen molar-refractivity contribution in [1.82, 2.24) is 0 Å². The molecule has 2 nitrogen and oxygen atoms in total. The van der Waals surface area contributed by atoms with Gasteiger partial charge in [-0.1, -0.05) is 103 Å². The van der Waals surface area contributed by atoms with Crippen molar-refractivity contribution in [2.45, 2.75) is 0 Å². The van der Waals surface area contributed by atoms with E-state index in [9.17, 15) is 10.5 Å². The van der Waals surface area contributed by atoms with Crippen LogP contribution < -0.4 is 0 Å². The summed E-state index contributed by atoms with van der Waals surface area (Å²) in [5.74, 6) is 0. The molecule has 7 aromatic carbocycles. The van der Waals surface area contributed by atoms with E-state index in [1.807, 2.05) is 35.6 Å². The van der Waals surface area contributed by atoms with Crippen molar-refractivity contribution in [2.24, 2.45) is 0 Å². The molecular weight excluding hydrogens is 621 g/mol. The highest BCUT2D eigenvalue weighted by molar-refractivity contribution is 7.26. The fourth-order valence-corrected chi connectivity index (χ4v) is 9.36. The van der Waals surface area contributed by atoms with Crippen molar-refractivity contribution in [3.05, 3.63) is 157 Å². The number of fused-ring (bicyclic) bond motifs is 6. The summed E-state index contributed by atoms with van der Waals surface area (Å²) < 4.78 is 5.00. The zero-order valence-electron chi connectivity index (χ0n) is 25.6. The minimum atomic E-state index is 0.566. The van der Waals surface area contributed by atoms with Gasteiger partial charge in [-0.15, -0.1) is 22.7 Å². The molecule has 2 aromatic heterocycles. The minimum Gasteiger partial charge on any atom is -0.192 e. The van der Waals surface area contributed by atoms with Gasteiger partial charge in [0.2, 0.25) is 0 Å². The first-order chi connectivity index (χ1) is 23.7. The van der Waals surface area contributed by atoms with Crippen LogP contribution in [-0.2, 0) is 0 Å². The van der Waals surface area contributed by atoms with Crippen LogP contribution in [0.15, 0.2) is 146 Å². The van der Waals surface area contributed by atoms with Gasteiger partial charge in [-0.25, -0.2) is 0 Å². The van der Waals surface area contributed by atoms with E-state index >= 15 is 0 Å². The fourth-order valence-electron chi connectivity index (χ4n) is 6.89. The molecule has 0 unspecified atom stereocenters. The normalized spacial score (nSPS) is 11.3. The molecule has 0 aliphatic carbocycles. The molecule has 2 heterocycles. The molecule has 9 rings (SSSR count). The standard InChI is InChI=1S/C44H24N2S2/c45-25-27-20-31(24-32(21-27)36-13-7-15-40-38-11-2-4-17-42(38)48-44(36)40)34-19-18-29(23-33(34)26-46)28-8-5-9-30(22-28)35-12-6-14-39-37-10-1-3-16-41(37)47-43(35)39/h1-24H. The highest BCUT2D eigenvalue weighted by Gasteiger charge is 2.15. The Morgan fingerprint density at radius 1 is 0.375 bits per heavy atom. The number of nitriles is 2. The molecule has 0 fully saturated rings. The van der Waals surface area contributed by atoms with Gasteiger partial charge < -0.3 is 0 Å². The summed E-state index contributed by atoms with van der Waals surface area (Å²) in [7, 11) is 0. The number of rotatable bonds is 4. The first-order valence-electron chi connectivity index (χ1n) is 15.7. The van der Waals surface area contributed by atoms with Gasteiger partial charge >= 0.3 is 0 Å². The SMILES string of the molecule is N#Cc1cc(-c2ccc(-c3cccc(-c4cccc5c4sc4ccccc45)c3)cc2C#N)cc(-c2cccc3c2sc2ccccc23)c1. The zero-order chi connectivity index (χ0) is 32.2. The van der Waals surface area contributed by atoms with E-state index in [1.165, 1.54) is 45.9 Å². The van der Waals surface area contributed by atoms with Gasteiger partial charge in [0.1, 0.15) is 0 Å². The van der Waals surface area contributed by atoms with Crippen LogP contribution >= 0.6 is 22.7 Å². The lowest BCUT2D eigenvalue weighted by Crippen LogP contribution is -1.90. The van der Waals surface area contributed by atoms with E-state index in [1.54, 1.807) is 11.3 Å². The highest BCUT2D eigenvalue weighted by atomic mass is 32.1. The van der Waals surface area contributed by atoms with Gasteiger partial charge in [0.25, 0.3) is 0 Å². The van der Waals surface area contributed by atoms with Crippen LogP contribution in [0, 0.1) is 22.7 Å². The lowest BCUT2D eigenvalue weighted by Gasteiger charge is -2.12. The average molecular weight is 645 g/mol. The Morgan fingerprint density at radius 2 is 0.896 bits per heavy atom. The fraction of sp³-hybridized carbons (Fsp3) is 0. The molecule has 9 aromatic rings. The third kappa shape index (κ3) is 4.59. The van der Waals surface area contributed by atoms with E-state index in [-0.39, 0.29) is 0 Å². The highest BCUT2D eigenvalue weighted by Crippen LogP contribution is 2.43. The second-order valence-corrected chi connectivity index (χ2v) is 14.0. The number of benzene rings is 7. The van der Waals surface area contributed by atoms with E-state index < -0.39 is 0 Å². The lowest BCUT2D eigenvalue weighted by atomic mass is 9.91. The summed E-state index contributed by atoms with van der Waals surface area (Å²) in [6, 6.07) is 55.4. The third-order valence-corrected chi connectivity index (χ3v) is 11.6. The summed E-state index contributed by atoms with van der Waals surface area (Å²) in [6.07, 6.45) is 0. The Hall–Kier alpha value is -6.04. The Labute approximate surface area is 285 Å². The minimum absolute atomic E-state index is 0.566. The summed E-state index contributed by atoms with van der Waals surface area (Å²) in [5, 5.41) is 25.4. The Kier molecular flexibility index (Phi) is 6.66. The van der Waals surface area contributed by atoms with Gasteiger partial charge in [0.05, 0.1) is 23.3 Å². The van der Waals surface area contributed by atoms with Gasteiger partial charge in [-0.3, -0.25) is 0 Å². The average Bonchev–Trinajstić information content (AvgIpc) is 3.73. The molecule has 0 bridgehead atoms. The van der Waals surface area contributed by atoms with Crippen molar-refractivity contribution >= 4 is 63.0 Å². The zero-order valence-corrected chi connectivity index (χ0v) is 27.2. The summed E-state index contributed by atoms with van der Waals surface area (Å²) in [5.41, 5.74) is 9.26. The maximum Gasteiger partial charge on any atom is 0.0998 e. The first kappa shape index (κ1) is 28.2. The smallest absolute Gasteiger partial charge is 0.0998 e. The summed E-state index contributed by atoms with van der Waals surface area (Å²) in [4.78, 5) is 0. The van der Waals surface area contributed by atoms with Crippen molar-refractivity contribution in [1.29, 1.82) is 10.5 Å². The number of thiophene rings is 2. The number of nitrogens with zero attached hydrogens (tertiary/aromatic N) is 2. The van der Waals surface area contributed by atoms with Crippen LogP contribution in [0.4, 0.5) is 0 Å². The molecule has 0 aliphatic heterocycles. The molecule has 0 spiro atoms. The topological polar surface area (TPSA) is 47.6 Å². The van der Waals surface area contributed by atoms with E-state index in [2.05, 4.69) is 133 Å². The third-order valence-electron chi connectivity index (χ3n) is 9.14. The predicted octanol–water partition coefficient (Wildman–Crippen LogP) is 12.8. The van der Waals surface area contributed by atoms with Crippen LogP contribution in [0.2, 0.25) is 0 Å². The van der Waals surface area contributed by atoms with Crippen molar-refractivity contribution in [3.63, 3.8) is 0 Å². The van der Waals surface area contributed by atoms with Crippen molar-refractivity contribution in [2.75, 3.05) is 0 Å². The molecule has 0 aliphatic rings. The molecule has 48 heavy (non-hydrogen) atoms. The van der Waals surface area contributed by atoms with Crippen LogP contribution in [0.1, 0.15) is 11.1 Å². The second kappa shape index (κ2) is 11.3. The lowest BCUT2D eigenvalue weighted by molar-refractivity contribution is 1.46. The monoisotopic (exact) mass is 644 g/mol. The van der Waals surface area contributed by atoms with Crippen molar-refractivity contribution < 1.29 is 0 Å². The summed E-state index contributed by atoms with van der Waals surface area (Å²) >= 11 is 3.60. The van der Waals surface area contributed by atoms with Crippen LogP contribution in [0.25, 0.3) is 84.9 Å². The summed E-state index contributed by atoms with van der Waals surface area (Å²) in [6.45, 7) is 0. The first-order valence-corrected chi connectivity index (χ1v) is 17.3. The van der Waals surface area contributed by atoms with E-state index in [0.717, 1.165) is 38.9 Å². The number of hydrogen-bond acceptors (Lipinski definition) is 4. The Morgan fingerprint density at radius 3 is 1.54 bits per heavy atom. The molecule has 0 amide bonds. The Balaban J connectivity index is 1.13. The molecule has 222 valence electrons. The molecule has 0 atom stereocenters. The maximum absolute atomic E-state index is 10.4. The van der Waals surface area contributed by atoms with Gasteiger partial charge in [-0.2, -0.15) is 10.5 Å². The van der Waals surface area contributed by atoms with Crippen LogP contribution in [0.3, 0.4) is 0 Å². The molecular formula is C44H24N2S2. The van der Waals surface area contributed by atoms with Crippen molar-refractivity contribution in [3.8, 4) is 56.6 Å². The van der Waals surface area contributed by atoms with Crippen LogP contribution in [0.5, 0.6) is 0 Å².